The molecular formula is C9H18N2O2. The number of nitrogens with one attached hydrogen (secondary N) is 1. The van der Waals surface area contributed by atoms with Gasteiger partial charge in [-0.25, -0.2) is 4.79 Å². The van der Waals surface area contributed by atoms with Gasteiger partial charge in [0.15, 0.2) is 0 Å². The first kappa shape index (κ1) is 10.3. The van der Waals surface area contributed by atoms with Gasteiger partial charge in [0.1, 0.15) is 0 Å². The van der Waals surface area contributed by atoms with Crippen LogP contribution in [0.15, 0.2) is 0 Å². The molecule has 0 radical (unpaired) electrons. The van der Waals surface area contributed by atoms with Crippen molar-refractivity contribution in [3.8, 4) is 0 Å². The molecule has 13 heavy (non-hydrogen) atoms. The molecule has 4 heteroatoms. The molecule has 0 aromatic heterocycles. The Balaban J connectivity index is 2.47. The summed E-state index contributed by atoms with van der Waals surface area (Å²) in [6, 6.07) is 0.0128. The molecule has 1 aliphatic rings. The van der Waals surface area contributed by atoms with Crippen molar-refractivity contribution in [3.05, 3.63) is 0 Å². The summed E-state index contributed by atoms with van der Waals surface area (Å²) in [6.45, 7) is 8.58. The van der Waals surface area contributed by atoms with E-state index in [0.717, 1.165) is 0 Å². The topological polar surface area (TPSA) is 41.6 Å². The molecule has 0 bridgehead atoms. The van der Waals surface area contributed by atoms with Gasteiger partial charge in [0, 0.05) is 13.1 Å². The van der Waals surface area contributed by atoms with E-state index in [4.69, 9.17) is 4.74 Å². The predicted octanol–water partition coefficient (Wildman–Crippen LogP) is 0.827. The lowest BCUT2D eigenvalue weighted by atomic mass is 10.1. The van der Waals surface area contributed by atoms with Crippen LogP contribution in [0, 0.1) is 0 Å². The Bertz CT molecular complexity index is 192. The highest BCUT2D eigenvalue weighted by atomic mass is 16.5. The summed E-state index contributed by atoms with van der Waals surface area (Å²) in [5, 5.41) is 2.78. The Morgan fingerprint density at radius 1 is 1.62 bits per heavy atom. The van der Waals surface area contributed by atoms with Crippen molar-refractivity contribution in [1.82, 2.24) is 10.2 Å². The van der Waals surface area contributed by atoms with E-state index in [1.54, 1.807) is 4.90 Å². The van der Waals surface area contributed by atoms with E-state index >= 15 is 0 Å². The molecule has 0 unspecified atom stereocenters. The van der Waals surface area contributed by atoms with E-state index in [1.165, 1.54) is 0 Å². The lowest BCUT2D eigenvalue weighted by Crippen LogP contribution is -2.53. The van der Waals surface area contributed by atoms with Gasteiger partial charge in [0.05, 0.1) is 18.8 Å². The molecule has 1 saturated heterocycles. The Labute approximate surface area is 79.2 Å². The summed E-state index contributed by atoms with van der Waals surface area (Å²) in [7, 11) is 0. The molecule has 1 N–H and O–H groups in total. The number of nitrogens with zero attached hydrogens (tertiary/aromatic N) is 1. The second-order valence-corrected chi connectivity index (χ2v) is 3.87. The number of carbonyl (C=O) groups is 1. The molecule has 1 rings (SSSR count). The Kier molecular flexibility index (Phi) is 3.14. The van der Waals surface area contributed by atoms with Gasteiger partial charge in [-0.15, -0.1) is 0 Å². The second-order valence-electron chi connectivity index (χ2n) is 3.87. The maximum Gasteiger partial charge on any atom is 0.317 e. The van der Waals surface area contributed by atoms with E-state index in [9.17, 15) is 4.79 Å². The van der Waals surface area contributed by atoms with Gasteiger partial charge in [0.2, 0.25) is 0 Å². The number of urea groups is 1. The highest BCUT2D eigenvalue weighted by molar-refractivity contribution is 5.74. The Hall–Kier alpha value is -0.770. The van der Waals surface area contributed by atoms with Gasteiger partial charge < -0.3 is 15.0 Å². The quantitative estimate of drug-likeness (QED) is 0.659. The van der Waals surface area contributed by atoms with Crippen LogP contribution in [0.3, 0.4) is 0 Å². The van der Waals surface area contributed by atoms with E-state index in [2.05, 4.69) is 5.32 Å². The molecule has 1 fully saturated rings. The first-order valence-electron chi connectivity index (χ1n) is 4.72. The van der Waals surface area contributed by atoms with Crippen LogP contribution < -0.4 is 5.32 Å². The second kappa shape index (κ2) is 3.96. The highest BCUT2D eigenvalue weighted by Gasteiger charge is 2.29. The van der Waals surface area contributed by atoms with Crippen LogP contribution >= 0.6 is 0 Å². The summed E-state index contributed by atoms with van der Waals surface area (Å²) in [4.78, 5) is 13.2. The third-order valence-electron chi connectivity index (χ3n) is 2.04. The molecule has 4 nitrogen and oxygen atoms in total. The van der Waals surface area contributed by atoms with Gasteiger partial charge in [-0.3, -0.25) is 0 Å². The highest BCUT2D eigenvalue weighted by Crippen LogP contribution is 2.15. The maximum absolute atomic E-state index is 11.4. The van der Waals surface area contributed by atoms with Crippen molar-refractivity contribution in [3.63, 3.8) is 0 Å². The first-order valence-corrected chi connectivity index (χ1v) is 4.72. The van der Waals surface area contributed by atoms with Crippen LogP contribution in [0.4, 0.5) is 4.79 Å². The zero-order valence-electron chi connectivity index (χ0n) is 8.59. The van der Waals surface area contributed by atoms with Gasteiger partial charge >= 0.3 is 6.03 Å². The first-order chi connectivity index (χ1) is 6.05. The van der Waals surface area contributed by atoms with E-state index in [1.807, 2.05) is 20.8 Å². The van der Waals surface area contributed by atoms with Crippen molar-refractivity contribution in [2.24, 2.45) is 0 Å². The average Bonchev–Trinajstić information content (AvgIpc) is 2.03. The number of amides is 2. The molecule has 0 atom stereocenters. The molecule has 1 heterocycles. The van der Waals surface area contributed by atoms with Crippen molar-refractivity contribution < 1.29 is 9.53 Å². The molecule has 76 valence electrons. The van der Waals surface area contributed by atoms with Crippen molar-refractivity contribution >= 4 is 6.03 Å². The molecular weight excluding hydrogens is 168 g/mol. The average molecular weight is 186 g/mol. The lowest BCUT2D eigenvalue weighted by Gasteiger charge is -2.37. The number of morpholine rings is 1. The van der Waals surface area contributed by atoms with Gasteiger partial charge in [-0.2, -0.15) is 0 Å². The monoisotopic (exact) mass is 186 g/mol. The SMILES string of the molecule is CCNC(=O)N1CCOC(C)(C)C1. The zero-order valence-corrected chi connectivity index (χ0v) is 8.59. The minimum absolute atomic E-state index is 0.0128. The van der Waals surface area contributed by atoms with Crippen LogP contribution in [0.2, 0.25) is 0 Å². The minimum atomic E-state index is -0.205. The van der Waals surface area contributed by atoms with Crippen LogP contribution in [0.5, 0.6) is 0 Å². The number of carbonyl (C=O) groups excluding carboxylic acids is 1. The normalized spacial score (nSPS) is 21.3. The Morgan fingerprint density at radius 2 is 2.31 bits per heavy atom. The summed E-state index contributed by atoms with van der Waals surface area (Å²) >= 11 is 0. The summed E-state index contributed by atoms with van der Waals surface area (Å²) in [6.07, 6.45) is 0. The maximum atomic E-state index is 11.4. The number of hydrogen-bond donors (Lipinski definition) is 1. The zero-order chi connectivity index (χ0) is 9.90. The lowest BCUT2D eigenvalue weighted by molar-refractivity contribution is -0.0732. The standard InChI is InChI=1S/C9H18N2O2/c1-4-10-8(12)11-5-6-13-9(2,3)7-11/h4-7H2,1-3H3,(H,10,12). The number of ether oxygens (including phenoxy) is 1. The van der Waals surface area contributed by atoms with Crippen LogP contribution in [-0.4, -0.2) is 42.8 Å². The Morgan fingerprint density at radius 3 is 2.85 bits per heavy atom. The van der Waals surface area contributed by atoms with Crippen molar-refractivity contribution in [1.29, 1.82) is 0 Å². The number of rotatable bonds is 1. The van der Waals surface area contributed by atoms with Crippen molar-refractivity contribution in [2.75, 3.05) is 26.2 Å². The molecule has 0 aromatic carbocycles. The fourth-order valence-electron chi connectivity index (χ4n) is 1.45. The van der Waals surface area contributed by atoms with Crippen LogP contribution in [-0.2, 0) is 4.74 Å². The van der Waals surface area contributed by atoms with Gasteiger partial charge in [0.25, 0.3) is 0 Å². The molecule has 0 aliphatic carbocycles. The van der Waals surface area contributed by atoms with Gasteiger partial charge in [-0.1, -0.05) is 0 Å². The summed E-state index contributed by atoms with van der Waals surface area (Å²) < 4.78 is 5.50. The van der Waals surface area contributed by atoms with E-state index in [-0.39, 0.29) is 11.6 Å². The fourth-order valence-corrected chi connectivity index (χ4v) is 1.45. The smallest absolute Gasteiger partial charge is 0.317 e. The van der Waals surface area contributed by atoms with Crippen LogP contribution in [0.1, 0.15) is 20.8 Å². The van der Waals surface area contributed by atoms with Crippen LogP contribution in [0.25, 0.3) is 0 Å². The number of hydrogen-bond acceptors (Lipinski definition) is 2. The van der Waals surface area contributed by atoms with Crippen molar-refractivity contribution in [2.45, 2.75) is 26.4 Å². The molecule has 0 spiro atoms. The third kappa shape index (κ3) is 2.88. The largest absolute Gasteiger partial charge is 0.372 e. The summed E-state index contributed by atoms with van der Waals surface area (Å²) in [5.41, 5.74) is -0.205. The minimum Gasteiger partial charge on any atom is -0.372 e. The molecule has 0 aromatic rings. The summed E-state index contributed by atoms with van der Waals surface area (Å²) in [5.74, 6) is 0. The molecule has 2 amide bonds. The fraction of sp³-hybridized carbons (Fsp3) is 0.889. The third-order valence-corrected chi connectivity index (χ3v) is 2.04. The molecule has 1 aliphatic heterocycles. The molecule has 0 saturated carbocycles. The van der Waals surface area contributed by atoms with E-state index < -0.39 is 0 Å². The van der Waals surface area contributed by atoms with Gasteiger partial charge in [-0.05, 0) is 20.8 Å². The predicted molar refractivity (Wildman–Crippen MR) is 50.7 cm³/mol. The van der Waals surface area contributed by atoms with E-state index in [0.29, 0.717) is 26.2 Å².